The highest BCUT2D eigenvalue weighted by molar-refractivity contribution is 5.70. The van der Waals surface area contributed by atoms with E-state index in [1.165, 1.54) is 0 Å². The molecule has 4 heteroatoms. The zero-order valence-electron chi connectivity index (χ0n) is 15.1. The van der Waals surface area contributed by atoms with Crippen LogP contribution in [-0.2, 0) is 14.3 Å². The molecule has 0 amide bonds. The highest BCUT2D eigenvalue weighted by atomic mass is 16.6. The van der Waals surface area contributed by atoms with E-state index < -0.39 is 5.60 Å². The van der Waals surface area contributed by atoms with Crippen molar-refractivity contribution in [1.82, 2.24) is 0 Å². The van der Waals surface area contributed by atoms with E-state index in [1.54, 1.807) is 6.08 Å². The molecule has 0 bridgehead atoms. The van der Waals surface area contributed by atoms with Gasteiger partial charge in [-0.15, -0.1) is 6.58 Å². The zero-order chi connectivity index (χ0) is 17.3. The molecule has 3 atom stereocenters. The lowest BCUT2D eigenvalue weighted by molar-refractivity contribution is -0.155. The summed E-state index contributed by atoms with van der Waals surface area (Å²) in [6, 6.07) is 0. The summed E-state index contributed by atoms with van der Waals surface area (Å²) in [5.41, 5.74) is -0.398. The van der Waals surface area contributed by atoms with Crippen molar-refractivity contribution in [2.75, 3.05) is 6.61 Å². The quantitative estimate of drug-likeness (QED) is 0.374. The maximum atomic E-state index is 11.8. The van der Waals surface area contributed by atoms with Gasteiger partial charge in [0.2, 0.25) is 0 Å². The van der Waals surface area contributed by atoms with Crippen molar-refractivity contribution in [3.05, 3.63) is 12.7 Å². The Labute approximate surface area is 141 Å². The first-order valence-electron chi connectivity index (χ1n) is 8.94. The molecule has 4 nitrogen and oxygen atoms in total. The smallest absolute Gasteiger partial charge is 0.306 e. The Morgan fingerprint density at radius 1 is 1.30 bits per heavy atom. The lowest BCUT2D eigenvalue weighted by atomic mass is 10.0. The van der Waals surface area contributed by atoms with E-state index in [-0.39, 0.29) is 12.1 Å². The number of hydrogen-bond donors (Lipinski definition) is 1. The monoisotopic (exact) mass is 326 g/mol. The Hall–Kier alpha value is -0.870. The molecule has 1 N–H and O–H groups in total. The van der Waals surface area contributed by atoms with E-state index >= 15 is 0 Å². The van der Waals surface area contributed by atoms with Crippen LogP contribution in [0.25, 0.3) is 0 Å². The first-order chi connectivity index (χ1) is 10.8. The molecule has 0 aliphatic heterocycles. The first-order valence-corrected chi connectivity index (χ1v) is 8.94. The molecule has 0 radical (unpaired) electrons. The van der Waals surface area contributed by atoms with Crippen LogP contribution in [0.15, 0.2) is 12.7 Å². The number of rotatable bonds is 10. The second kappa shape index (κ2) is 10.1. The van der Waals surface area contributed by atoms with Crippen LogP contribution in [0.5, 0.6) is 0 Å². The summed E-state index contributed by atoms with van der Waals surface area (Å²) >= 11 is 0. The second-order valence-corrected chi connectivity index (χ2v) is 7.61. The van der Waals surface area contributed by atoms with Crippen LogP contribution in [0.4, 0.5) is 0 Å². The Morgan fingerprint density at radius 2 is 2.04 bits per heavy atom. The van der Waals surface area contributed by atoms with Crippen molar-refractivity contribution in [3.63, 3.8) is 0 Å². The molecule has 1 fully saturated rings. The van der Waals surface area contributed by atoms with Crippen molar-refractivity contribution in [2.24, 2.45) is 5.92 Å². The van der Waals surface area contributed by atoms with Gasteiger partial charge in [0.1, 0.15) is 5.60 Å². The first kappa shape index (κ1) is 20.2. The van der Waals surface area contributed by atoms with Gasteiger partial charge < -0.3 is 14.6 Å². The maximum absolute atomic E-state index is 11.8. The number of esters is 1. The topological polar surface area (TPSA) is 55.8 Å². The predicted molar refractivity (Wildman–Crippen MR) is 92.2 cm³/mol. The molecule has 0 aromatic carbocycles. The summed E-state index contributed by atoms with van der Waals surface area (Å²) in [6.45, 7) is 10.0. The van der Waals surface area contributed by atoms with E-state index in [1.807, 2.05) is 20.8 Å². The highest BCUT2D eigenvalue weighted by Crippen LogP contribution is 2.31. The molecular weight excluding hydrogens is 292 g/mol. The molecule has 3 unspecified atom stereocenters. The number of carbonyl (C=O) groups excluding carboxylic acids is 1. The fraction of sp³-hybridized carbons (Fsp3) is 0.842. The molecule has 1 aliphatic rings. The average Bonchev–Trinajstić information content (AvgIpc) is 2.87. The normalized spacial score (nSPS) is 22.8. The third kappa shape index (κ3) is 9.77. The molecular formula is C19H34O4. The Kier molecular flexibility index (Phi) is 8.85. The minimum Gasteiger partial charge on any atom is -0.460 e. The van der Waals surface area contributed by atoms with Gasteiger partial charge in [0, 0.05) is 13.0 Å². The summed E-state index contributed by atoms with van der Waals surface area (Å²) in [6.07, 6.45) is 8.95. The third-order valence-electron chi connectivity index (χ3n) is 4.14. The minimum atomic E-state index is -0.398. The van der Waals surface area contributed by atoms with E-state index in [0.29, 0.717) is 18.4 Å². The van der Waals surface area contributed by atoms with Crippen molar-refractivity contribution in [3.8, 4) is 0 Å². The van der Waals surface area contributed by atoms with E-state index in [4.69, 9.17) is 9.47 Å². The minimum absolute atomic E-state index is 0.0936. The van der Waals surface area contributed by atoms with Crippen molar-refractivity contribution < 1.29 is 19.4 Å². The fourth-order valence-electron chi connectivity index (χ4n) is 2.98. The number of hydrogen-bond acceptors (Lipinski definition) is 4. The zero-order valence-corrected chi connectivity index (χ0v) is 15.1. The van der Waals surface area contributed by atoms with Crippen LogP contribution in [0.2, 0.25) is 0 Å². The molecule has 23 heavy (non-hydrogen) atoms. The highest BCUT2D eigenvalue weighted by Gasteiger charge is 2.28. The summed E-state index contributed by atoms with van der Waals surface area (Å²) in [5, 5.41) is 9.37. The third-order valence-corrected chi connectivity index (χ3v) is 4.14. The van der Waals surface area contributed by atoms with Gasteiger partial charge in [-0.2, -0.15) is 0 Å². The molecule has 1 rings (SSSR count). The predicted octanol–water partition coefficient (Wildman–Crippen LogP) is 4.01. The summed E-state index contributed by atoms with van der Waals surface area (Å²) in [4.78, 5) is 11.8. The Balaban J connectivity index is 2.06. The van der Waals surface area contributed by atoms with Gasteiger partial charge in [-0.1, -0.05) is 18.9 Å². The van der Waals surface area contributed by atoms with Crippen molar-refractivity contribution >= 4 is 5.97 Å². The van der Waals surface area contributed by atoms with Crippen LogP contribution in [0.3, 0.4) is 0 Å². The van der Waals surface area contributed by atoms with Gasteiger partial charge in [-0.25, -0.2) is 0 Å². The van der Waals surface area contributed by atoms with Gasteiger partial charge in [-0.05, 0) is 58.8 Å². The van der Waals surface area contributed by atoms with Crippen molar-refractivity contribution in [2.45, 2.75) is 89.9 Å². The summed E-state index contributed by atoms with van der Waals surface area (Å²) < 4.78 is 11.3. The number of carbonyl (C=O) groups is 1. The molecule has 0 spiro atoms. The number of unbranched alkanes of at least 4 members (excludes halogenated alkanes) is 2. The lowest BCUT2D eigenvalue weighted by Crippen LogP contribution is -2.25. The number of aliphatic hydroxyl groups excluding tert-OH is 1. The average molecular weight is 326 g/mol. The molecule has 0 heterocycles. The molecule has 134 valence electrons. The van der Waals surface area contributed by atoms with Crippen LogP contribution in [0, 0.1) is 5.92 Å². The molecule has 0 saturated heterocycles. The second-order valence-electron chi connectivity index (χ2n) is 7.61. The number of aliphatic hydroxyl groups is 1. The number of ether oxygens (including phenoxy) is 2. The van der Waals surface area contributed by atoms with E-state index in [0.717, 1.165) is 51.6 Å². The lowest BCUT2D eigenvalue weighted by Gasteiger charge is -2.20. The van der Waals surface area contributed by atoms with E-state index in [9.17, 15) is 9.90 Å². The van der Waals surface area contributed by atoms with Crippen LogP contribution in [-0.4, -0.2) is 35.5 Å². The van der Waals surface area contributed by atoms with Crippen LogP contribution < -0.4 is 0 Å². The van der Waals surface area contributed by atoms with Crippen LogP contribution >= 0.6 is 0 Å². The largest absolute Gasteiger partial charge is 0.460 e. The molecule has 1 aliphatic carbocycles. The summed E-state index contributed by atoms with van der Waals surface area (Å²) in [7, 11) is 0. The van der Waals surface area contributed by atoms with Crippen molar-refractivity contribution in [1.29, 1.82) is 0 Å². The van der Waals surface area contributed by atoms with Crippen LogP contribution in [0.1, 0.15) is 72.1 Å². The fourth-order valence-corrected chi connectivity index (χ4v) is 2.98. The standard InChI is InChI=1S/C19H34O4/c1-5-16(20)9-7-6-8-12-22-17-11-10-15(13-17)14-18(21)23-19(2,3)4/h5,15-17,20H,1,6-14H2,2-4H3. The van der Waals surface area contributed by atoms with Gasteiger partial charge in [0.15, 0.2) is 0 Å². The SMILES string of the molecule is C=CC(O)CCCCCOC1CCC(CC(=O)OC(C)(C)C)C1. The van der Waals surface area contributed by atoms with Gasteiger partial charge in [-0.3, -0.25) is 4.79 Å². The van der Waals surface area contributed by atoms with Gasteiger partial charge >= 0.3 is 5.97 Å². The molecule has 0 aromatic rings. The molecule has 0 aromatic heterocycles. The van der Waals surface area contributed by atoms with Gasteiger partial charge in [0.05, 0.1) is 12.2 Å². The van der Waals surface area contributed by atoms with Gasteiger partial charge in [0.25, 0.3) is 0 Å². The maximum Gasteiger partial charge on any atom is 0.306 e. The Morgan fingerprint density at radius 3 is 2.70 bits per heavy atom. The molecule has 1 saturated carbocycles. The Bertz CT molecular complexity index is 359. The van der Waals surface area contributed by atoms with E-state index in [2.05, 4.69) is 6.58 Å². The summed E-state index contributed by atoms with van der Waals surface area (Å²) in [5.74, 6) is 0.307.